The molecular weight excluding hydrogens is 216 g/mol. The highest BCUT2D eigenvalue weighted by Crippen LogP contribution is 2.24. The average molecular weight is 228 g/mol. The number of hydrogen-bond acceptors (Lipinski definition) is 4. The Morgan fingerprint density at radius 3 is 2.76 bits per heavy atom. The number of nitrogen functional groups attached to an aromatic ring is 1. The molecule has 3 rings (SSSR count). The lowest BCUT2D eigenvalue weighted by Crippen LogP contribution is -1.95. The van der Waals surface area contributed by atoms with Gasteiger partial charge in [-0.05, 0) is 26.0 Å². The first-order valence-corrected chi connectivity index (χ1v) is 5.33. The molecule has 17 heavy (non-hydrogen) atoms. The molecular formula is C12H12N4O. The third-order valence-electron chi connectivity index (χ3n) is 2.90. The molecule has 0 unspecified atom stereocenters. The number of anilines is 1. The lowest BCUT2D eigenvalue weighted by atomic mass is 10.3. The quantitative estimate of drug-likeness (QED) is 0.648. The van der Waals surface area contributed by atoms with E-state index in [0.29, 0.717) is 22.8 Å². The molecule has 2 heterocycles. The lowest BCUT2D eigenvalue weighted by Gasteiger charge is -1.97. The summed E-state index contributed by atoms with van der Waals surface area (Å²) < 4.78 is 7.48. The van der Waals surface area contributed by atoms with Crippen molar-refractivity contribution < 1.29 is 4.42 Å². The monoisotopic (exact) mass is 228 g/mol. The fourth-order valence-corrected chi connectivity index (χ4v) is 1.75. The van der Waals surface area contributed by atoms with Gasteiger partial charge in [-0.25, -0.2) is 4.98 Å². The van der Waals surface area contributed by atoms with Crippen LogP contribution in [0, 0.1) is 13.8 Å². The number of imidazole rings is 1. The maximum absolute atomic E-state index is 5.84. The van der Waals surface area contributed by atoms with Gasteiger partial charge in [-0.3, -0.25) is 4.57 Å². The molecule has 0 aliphatic carbocycles. The molecule has 0 bridgehead atoms. The fourth-order valence-electron chi connectivity index (χ4n) is 1.75. The van der Waals surface area contributed by atoms with Crippen LogP contribution in [0.2, 0.25) is 0 Å². The molecule has 86 valence electrons. The van der Waals surface area contributed by atoms with Gasteiger partial charge in [0, 0.05) is 5.69 Å². The zero-order valence-electron chi connectivity index (χ0n) is 9.64. The molecule has 0 atom stereocenters. The summed E-state index contributed by atoms with van der Waals surface area (Å²) in [5.74, 6) is 0. The van der Waals surface area contributed by atoms with Gasteiger partial charge in [0.1, 0.15) is 11.8 Å². The molecule has 0 aliphatic heterocycles. The number of nitrogens with zero attached hydrogens (tertiary/aromatic N) is 3. The summed E-state index contributed by atoms with van der Waals surface area (Å²) >= 11 is 0. The summed E-state index contributed by atoms with van der Waals surface area (Å²) in [6.07, 6.45) is 1.70. The average Bonchev–Trinajstić information content (AvgIpc) is 2.85. The normalized spacial score (nSPS) is 11.2. The van der Waals surface area contributed by atoms with Crippen LogP contribution >= 0.6 is 0 Å². The number of fused-ring (bicyclic) bond motifs is 1. The first kappa shape index (κ1) is 9.89. The fraction of sp³-hybridized carbons (Fsp3) is 0.167. The molecule has 2 N–H and O–H groups in total. The van der Waals surface area contributed by atoms with Gasteiger partial charge < -0.3 is 10.2 Å². The van der Waals surface area contributed by atoms with E-state index in [1.54, 1.807) is 12.4 Å². The Hall–Kier alpha value is -2.30. The Balaban J connectivity index is 2.25. The standard InChI is InChI=1S/C12H12N4O/c1-7-8(2)16(6-14-7)12-15-11-9(13)4-3-5-10(11)17-12/h3-6H,13H2,1-2H3. The summed E-state index contributed by atoms with van der Waals surface area (Å²) in [6.45, 7) is 3.92. The van der Waals surface area contributed by atoms with Crippen molar-refractivity contribution in [1.29, 1.82) is 0 Å². The molecule has 1 aromatic carbocycles. The Morgan fingerprint density at radius 1 is 1.29 bits per heavy atom. The minimum atomic E-state index is 0.496. The number of aryl methyl sites for hydroxylation is 1. The van der Waals surface area contributed by atoms with Gasteiger partial charge in [0.2, 0.25) is 0 Å². The molecule has 3 aromatic rings. The van der Waals surface area contributed by atoms with Crippen molar-refractivity contribution >= 4 is 16.8 Å². The number of oxazole rings is 1. The van der Waals surface area contributed by atoms with Crippen molar-refractivity contribution in [2.75, 3.05) is 5.73 Å². The van der Waals surface area contributed by atoms with Crippen molar-refractivity contribution in [1.82, 2.24) is 14.5 Å². The summed E-state index contributed by atoms with van der Waals surface area (Å²) in [7, 11) is 0. The van der Waals surface area contributed by atoms with Gasteiger partial charge in [0.05, 0.1) is 11.4 Å². The van der Waals surface area contributed by atoms with Crippen molar-refractivity contribution in [3.05, 3.63) is 35.9 Å². The third kappa shape index (κ3) is 1.39. The van der Waals surface area contributed by atoms with Crippen LogP contribution in [0.15, 0.2) is 28.9 Å². The number of benzene rings is 1. The highest BCUT2D eigenvalue weighted by atomic mass is 16.4. The van der Waals surface area contributed by atoms with Crippen LogP contribution in [-0.4, -0.2) is 14.5 Å². The van der Waals surface area contributed by atoms with Crippen LogP contribution in [0.5, 0.6) is 0 Å². The van der Waals surface area contributed by atoms with Crippen LogP contribution in [0.3, 0.4) is 0 Å². The molecule has 0 aliphatic rings. The summed E-state index contributed by atoms with van der Waals surface area (Å²) in [5.41, 5.74) is 9.80. The summed E-state index contributed by atoms with van der Waals surface area (Å²) in [6, 6.07) is 6.00. The molecule has 0 spiro atoms. The van der Waals surface area contributed by atoms with Crippen LogP contribution in [-0.2, 0) is 0 Å². The Kier molecular flexibility index (Phi) is 1.95. The van der Waals surface area contributed by atoms with Gasteiger partial charge in [-0.15, -0.1) is 0 Å². The maximum atomic E-state index is 5.84. The van der Waals surface area contributed by atoms with E-state index in [1.165, 1.54) is 0 Å². The Labute approximate surface area is 97.9 Å². The molecule has 2 aromatic heterocycles. The SMILES string of the molecule is Cc1ncn(-c2nc3c(N)cccc3o2)c1C. The van der Waals surface area contributed by atoms with E-state index in [1.807, 2.05) is 30.5 Å². The van der Waals surface area contributed by atoms with Gasteiger partial charge in [0.15, 0.2) is 5.58 Å². The molecule has 0 saturated heterocycles. The van der Waals surface area contributed by atoms with E-state index >= 15 is 0 Å². The third-order valence-corrected chi connectivity index (χ3v) is 2.90. The lowest BCUT2D eigenvalue weighted by molar-refractivity contribution is 0.560. The van der Waals surface area contributed by atoms with Crippen LogP contribution in [0.4, 0.5) is 5.69 Å². The number of para-hydroxylation sites is 1. The minimum Gasteiger partial charge on any atom is -0.423 e. The van der Waals surface area contributed by atoms with E-state index in [2.05, 4.69) is 9.97 Å². The Morgan fingerprint density at radius 2 is 2.12 bits per heavy atom. The molecule has 5 nitrogen and oxygen atoms in total. The number of aromatic nitrogens is 3. The first-order valence-electron chi connectivity index (χ1n) is 5.33. The molecule has 0 fully saturated rings. The van der Waals surface area contributed by atoms with Crippen molar-refractivity contribution in [2.24, 2.45) is 0 Å². The van der Waals surface area contributed by atoms with Gasteiger partial charge in [-0.2, -0.15) is 4.98 Å². The second-order valence-corrected chi connectivity index (χ2v) is 3.98. The molecule has 0 radical (unpaired) electrons. The predicted octanol–water partition coefficient (Wildman–Crippen LogP) is 2.21. The Bertz CT molecular complexity index is 696. The molecule has 0 amide bonds. The van der Waals surface area contributed by atoms with Crippen molar-refractivity contribution in [2.45, 2.75) is 13.8 Å². The first-order chi connectivity index (χ1) is 8.16. The summed E-state index contributed by atoms with van der Waals surface area (Å²) in [5, 5.41) is 0. The second-order valence-electron chi connectivity index (χ2n) is 3.98. The van der Waals surface area contributed by atoms with E-state index < -0.39 is 0 Å². The topological polar surface area (TPSA) is 69.9 Å². The zero-order chi connectivity index (χ0) is 12.0. The smallest absolute Gasteiger partial charge is 0.308 e. The van der Waals surface area contributed by atoms with Crippen LogP contribution in [0.1, 0.15) is 11.4 Å². The minimum absolute atomic E-state index is 0.496. The molecule has 5 heteroatoms. The molecule has 0 saturated carbocycles. The largest absolute Gasteiger partial charge is 0.423 e. The van der Waals surface area contributed by atoms with Gasteiger partial charge >= 0.3 is 6.01 Å². The zero-order valence-corrected chi connectivity index (χ0v) is 9.64. The second kappa shape index (κ2) is 3.35. The van der Waals surface area contributed by atoms with Gasteiger partial charge in [0.25, 0.3) is 0 Å². The van der Waals surface area contributed by atoms with Gasteiger partial charge in [-0.1, -0.05) is 6.07 Å². The van der Waals surface area contributed by atoms with E-state index in [-0.39, 0.29) is 0 Å². The highest BCUT2D eigenvalue weighted by molar-refractivity contribution is 5.85. The number of hydrogen-bond donors (Lipinski definition) is 1. The highest BCUT2D eigenvalue weighted by Gasteiger charge is 2.12. The van der Waals surface area contributed by atoms with Crippen LogP contribution in [0.25, 0.3) is 17.1 Å². The predicted molar refractivity (Wildman–Crippen MR) is 65.0 cm³/mol. The van der Waals surface area contributed by atoms with E-state index in [9.17, 15) is 0 Å². The van der Waals surface area contributed by atoms with Crippen LogP contribution < -0.4 is 5.73 Å². The van der Waals surface area contributed by atoms with E-state index in [4.69, 9.17) is 10.2 Å². The van der Waals surface area contributed by atoms with Crippen molar-refractivity contribution in [3.63, 3.8) is 0 Å². The number of nitrogens with two attached hydrogens (primary N) is 1. The number of rotatable bonds is 1. The summed E-state index contributed by atoms with van der Waals surface area (Å²) in [4.78, 5) is 8.60. The van der Waals surface area contributed by atoms with Crippen molar-refractivity contribution in [3.8, 4) is 6.01 Å². The van der Waals surface area contributed by atoms with E-state index in [0.717, 1.165) is 11.4 Å². The maximum Gasteiger partial charge on any atom is 0.308 e.